The van der Waals surface area contributed by atoms with E-state index in [4.69, 9.17) is 4.42 Å². The van der Waals surface area contributed by atoms with Crippen LogP contribution in [0.1, 0.15) is 18.9 Å². The van der Waals surface area contributed by atoms with Crippen molar-refractivity contribution < 1.29 is 4.42 Å². The van der Waals surface area contributed by atoms with Crippen molar-refractivity contribution in [2.24, 2.45) is 0 Å². The van der Waals surface area contributed by atoms with Crippen molar-refractivity contribution in [3.8, 4) is 0 Å². The van der Waals surface area contributed by atoms with Gasteiger partial charge in [0.2, 0.25) is 0 Å². The molecule has 1 N–H and O–H groups in total. The lowest BCUT2D eigenvalue weighted by atomic mass is 10.1. The molecule has 2 nitrogen and oxygen atoms in total. The third-order valence-corrected chi connectivity index (χ3v) is 2.88. The lowest BCUT2D eigenvalue weighted by Crippen LogP contribution is -2.21. The number of furan rings is 1. The second-order valence-corrected chi connectivity index (χ2v) is 4.02. The van der Waals surface area contributed by atoms with Crippen LogP contribution in [-0.2, 0) is 6.42 Å². The number of hydrogen-bond acceptors (Lipinski definition) is 2. The number of nitrogens with one attached hydrogen (secondary N) is 1. The monoisotopic (exact) mass is 203 g/mol. The van der Waals surface area contributed by atoms with Crippen LogP contribution in [0.5, 0.6) is 0 Å². The third kappa shape index (κ3) is 2.39. The molecule has 15 heavy (non-hydrogen) atoms. The van der Waals surface area contributed by atoms with Crippen molar-refractivity contribution in [2.75, 3.05) is 7.05 Å². The van der Waals surface area contributed by atoms with Crippen LogP contribution in [0.15, 0.2) is 34.9 Å². The van der Waals surface area contributed by atoms with E-state index >= 15 is 0 Å². The molecule has 0 aliphatic carbocycles. The molecule has 0 radical (unpaired) electrons. The molecule has 1 atom stereocenters. The van der Waals surface area contributed by atoms with Crippen LogP contribution in [0.2, 0.25) is 0 Å². The highest BCUT2D eigenvalue weighted by molar-refractivity contribution is 5.77. The average molecular weight is 203 g/mol. The number of aryl methyl sites for hydroxylation is 1. The second-order valence-electron chi connectivity index (χ2n) is 4.02. The van der Waals surface area contributed by atoms with E-state index < -0.39 is 0 Å². The van der Waals surface area contributed by atoms with Gasteiger partial charge < -0.3 is 9.73 Å². The molecule has 0 aliphatic rings. The Hall–Kier alpha value is -1.28. The first-order valence-electron chi connectivity index (χ1n) is 5.43. The summed E-state index contributed by atoms with van der Waals surface area (Å²) in [4.78, 5) is 0. The summed E-state index contributed by atoms with van der Waals surface area (Å²) < 4.78 is 5.38. The molecule has 2 aromatic rings. The highest BCUT2D eigenvalue weighted by atomic mass is 16.3. The van der Waals surface area contributed by atoms with Gasteiger partial charge in [-0.15, -0.1) is 0 Å². The molecule has 0 fully saturated rings. The first-order chi connectivity index (χ1) is 7.29. The van der Waals surface area contributed by atoms with Crippen molar-refractivity contribution >= 4 is 11.0 Å². The first-order valence-corrected chi connectivity index (χ1v) is 5.43. The molecule has 1 aromatic heterocycles. The Kier molecular flexibility index (Phi) is 3.07. The number of benzene rings is 1. The molecule has 2 rings (SSSR count). The highest BCUT2D eigenvalue weighted by Crippen LogP contribution is 2.18. The molecule has 1 aromatic carbocycles. The fraction of sp³-hybridized carbons (Fsp3) is 0.385. The molecule has 1 unspecified atom stereocenters. The van der Waals surface area contributed by atoms with E-state index in [9.17, 15) is 0 Å². The number of fused-ring (bicyclic) bond motifs is 1. The van der Waals surface area contributed by atoms with Crippen LogP contribution in [0, 0.1) is 0 Å². The highest BCUT2D eigenvalue weighted by Gasteiger charge is 2.02. The number of hydrogen-bond donors (Lipinski definition) is 1. The molecule has 0 saturated carbocycles. The van der Waals surface area contributed by atoms with Crippen molar-refractivity contribution in [1.82, 2.24) is 5.32 Å². The molecule has 0 bridgehead atoms. The summed E-state index contributed by atoms with van der Waals surface area (Å²) in [6.45, 7) is 2.20. The summed E-state index contributed by atoms with van der Waals surface area (Å²) >= 11 is 0. The summed E-state index contributed by atoms with van der Waals surface area (Å²) in [5, 5.41) is 4.42. The Balaban J connectivity index is 2.08. The normalized spacial score (nSPS) is 13.2. The van der Waals surface area contributed by atoms with Gasteiger partial charge in [-0.1, -0.05) is 12.1 Å². The van der Waals surface area contributed by atoms with Gasteiger partial charge in [0.1, 0.15) is 5.58 Å². The minimum atomic E-state index is 0.567. The predicted octanol–water partition coefficient (Wildman–Crippen LogP) is 2.97. The summed E-state index contributed by atoms with van der Waals surface area (Å²) in [6.07, 6.45) is 3.99. The van der Waals surface area contributed by atoms with Gasteiger partial charge in [0, 0.05) is 11.4 Å². The molecule has 80 valence electrons. The summed E-state index contributed by atoms with van der Waals surface area (Å²) in [5.41, 5.74) is 2.34. The van der Waals surface area contributed by atoms with Gasteiger partial charge in [0.15, 0.2) is 0 Å². The lowest BCUT2D eigenvalue weighted by molar-refractivity contribution is 0.564. The largest absolute Gasteiger partial charge is 0.464 e. The Morgan fingerprint density at radius 2 is 2.20 bits per heavy atom. The Bertz CT molecular complexity index is 433. The molecule has 0 aliphatic heterocycles. The van der Waals surface area contributed by atoms with Crippen molar-refractivity contribution in [3.05, 3.63) is 36.1 Å². The van der Waals surface area contributed by atoms with E-state index in [1.807, 2.05) is 13.1 Å². The van der Waals surface area contributed by atoms with Crippen LogP contribution in [-0.4, -0.2) is 13.1 Å². The maximum atomic E-state index is 5.38. The fourth-order valence-electron chi connectivity index (χ4n) is 1.68. The molecular weight excluding hydrogens is 186 g/mol. The van der Waals surface area contributed by atoms with Crippen LogP contribution in [0.25, 0.3) is 11.0 Å². The lowest BCUT2D eigenvalue weighted by Gasteiger charge is -2.09. The molecular formula is C13H17NO. The molecule has 1 heterocycles. The van der Waals surface area contributed by atoms with Crippen LogP contribution in [0.3, 0.4) is 0 Å². The summed E-state index contributed by atoms with van der Waals surface area (Å²) in [5.74, 6) is 0. The van der Waals surface area contributed by atoms with Crippen molar-refractivity contribution in [3.63, 3.8) is 0 Å². The maximum absolute atomic E-state index is 5.38. The van der Waals surface area contributed by atoms with Gasteiger partial charge in [-0.2, -0.15) is 0 Å². The average Bonchev–Trinajstić information content (AvgIpc) is 2.72. The number of rotatable bonds is 4. The Morgan fingerprint density at radius 1 is 1.33 bits per heavy atom. The molecule has 0 spiro atoms. The van der Waals surface area contributed by atoms with Crippen molar-refractivity contribution in [1.29, 1.82) is 0 Å². The van der Waals surface area contributed by atoms with Gasteiger partial charge >= 0.3 is 0 Å². The van der Waals surface area contributed by atoms with Crippen LogP contribution >= 0.6 is 0 Å². The van der Waals surface area contributed by atoms with Gasteiger partial charge in [-0.25, -0.2) is 0 Å². The SMILES string of the molecule is CNC(C)CCc1ccc2ccoc2c1. The standard InChI is InChI=1S/C13H17NO/c1-10(14-2)3-4-11-5-6-12-7-8-15-13(12)9-11/h5-10,14H,3-4H2,1-2H3. The maximum Gasteiger partial charge on any atom is 0.134 e. The first kappa shape index (κ1) is 10.2. The van der Waals surface area contributed by atoms with Gasteiger partial charge in [0.25, 0.3) is 0 Å². The smallest absolute Gasteiger partial charge is 0.134 e. The van der Waals surface area contributed by atoms with E-state index in [-0.39, 0.29) is 0 Å². The topological polar surface area (TPSA) is 25.2 Å². The Morgan fingerprint density at radius 3 is 3.00 bits per heavy atom. The quantitative estimate of drug-likeness (QED) is 0.826. The van der Waals surface area contributed by atoms with E-state index in [0.717, 1.165) is 18.4 Å². The minimum absolute atomic E-state index is 0.567. The van der Waals surface area contributed by atoms with Crippen LogP contribution < -0.4 is 5.32 Å². The predicted molar refractivity (Wildman–Crippen MR) is 63.1 cm³/mol. The van der Waals surface area contributed by atoms with E-state index in [2.05, 4.69) is 30.4 Å². The van der Waals surface area contributed by atoms with Gasteiger partial charge in [-0.3, -0.25) is 0 Å². The second kappa shape index (κ2) is 4.49. The summed E-state index contributed by atoms with van der Waals surface area (Å²) in [7, 11) is 2.00. The zero-order valence-electron chi connectivity index (χ0n) is 9.29. The van der Waals surface area contributed by atoms with E-state index in [1.54, 1.807) is 6.26 Å². The van der Waals surface area contributed by atoms with E-state index in [1.165, 1.54) is 10.9 Å². The molecule has 0 saturated heterocycles. The summed E-state index contributed by atoms with van der Waals surface area (Å²) in [6, 6.07) is 9.00. The zero-order chi connectivity index (χ0) is 10.7. The van der Waals surface area contributed by atoms with Gasteiger partial charge in [-0.05, 0) is 44.5 Å². The van der Waals surface area contributed by atoms with Crippen molar-refractivity contribution in [2.45, 2.75) is 25.8 Å². The molecule has 2 heteroatoms. The molecule has 0 amide bonds. The van der Waals surface area contributed by atoms with E-state index in [0.29, 0.717) is 6.04 Å². The zero-order valence-corrected chi connectivity index (χ0v) is 9.29. The van der Waals surface area contributed by atoms with Gasteiger partial charge in [0.05, 0.1) is 6.26 Å². The van der Waals surface area contributed by atoms with Crippen LogP contribution in [0.4, 0.5) is 0 Å². The fourth-order valence-corrected chi connectivity index (χ4v) is 1.68. The minimum Gasteiger partial charge on any atom is -0.464 e. The Labute approximate surface area is 90.3 Å². The third-order valence-electron chi connectivity index (χ3n) is 2.88.